The molecule has 0 saturated carbocycles. The molecule has 2 rings (SSSR count). The molecule has 3 amide bonds. The summed E-state index contributed by atoms with van der Waals surface area (Å²) in [6.45, 7) is 0.466. The van der Waals surface area contributed by atoms with E-state index in [0.29, 0.717) is 44.4 Å². The number of nitrogens with two attached hydrogens (primary N) is 1. The first-order valence-electron chi connectivity index (χ1n) is 21.3. The van der Waals surface area contributed by atoms with Gasteiger partial charge in [0.1, 0.15) is 11.5 Å². The third-order valence-corrected chi connectivity index (χ3v) is 13.1. The number of phenols is 1. The van der Waals surface area contributed by atoms with Crippen LogP contribution in [0.1, 0.15) is 153 Å². The maximum absolute atomic E-state index is 13.5. The van der Waals surface area contributed by atoms with Crippen LogP contribution in [0.4, 0.5) is 0 Å². The average Bonchev–Trinajstić information content (AvgIpc) is 3.19. The second-order valence-corrected chi connectivity index (χ2v) is 18.1. The van der Waals surface area contributed by atoms with Crippen molar-refractivity contribution in [3.05, 3.63) is 35.6 Å². The maximum atomic E-state index is 13.5. The van der Waals surface area contributed by atoms with Crippen molar-refractivity contribution in [3.8, 4) is 5.75 Å². The Hall–Kier alpha value is -1.46. The number of aromatic hydroxyl groups is 1. The Morgan fingerprint density at radius 3 is 1.83 bits per heavy atom. The first-order chi connectivity index (χ1) is 27.5. The number of ketones is 2. The molecule has 1 aromatic rings. The predicted molar refractivity (Wildman–Crippen MR) is 230 cm³/mol. The minimum absolute atomic E-state index is 0. The van der Waals surface area contributed by atoms with Crippen LogP contribution < -0.4 is 67.8 Å². The van der Waals surface area contributed by atoms with Crippen LogP contribution in [0.25, 0.3) is 5.73 Å². The number of hydrogen-bond donors (Lipinski definition) is 5. The Balaban J connectivity index is 0.0000168. The van der Waals surface area contributed by atoms with Crippen molar-refractivity contribution in [3.63, 3.8) is 0 Å². The second-order valence-electron chi connectivity index (χ2n) is 15.6. The van der Waals surface area contributed by atoms with Gasteiger partial charge in [-0.1, -0.05) is 124 Å². The topological polar surface area (TPSA) is 217 Å². The minimum Gasteiger partial charge on any atom is -0.666 e. The van der Waals surface area contributed by atoms with E-state index in [-0.39, 0.29) is 99.6 Å². The monoisotopic (exact) mass is 872 g/mol. The largest absolute Gasteiger partial charge is 1.00 e. The van der Waals surface area contributed by atoms with Crippen molar-refractivity contribution in [2.24, 2.45) is 17.6 Å². The fraction of sp³-hybridized carbons (Fsp3) is 0.721. The van der Waals surface area contributed by atoms with Crippen LogP contribution in [0.15, 0.2) is 24.3 Å². The van der Waals surface area contributed by atoms with E-state index in [1.165, 1.54) is 97.9 Å². The van der Waals surface area contributed by atoms with Gasteiger partial charge >= 0.3 is 57.4 Å². The molecule has 4 atom stereocenters. The summed E-state index contributed by atoms with van der Waals surface area (Å²) in [6.07, 6.45) is 20.9. The molecular weight excluding hydrogens is 804 g/mol. The summed E-state index contributed by atoms with van der Waals surface area (Å²) in [5.74, 6) is -3.20. The summed E-state index contributed by atoms with van der Waals surface area (Å²) in [5, 5.41) is 23.9. The Labute approximate surface area is 397 Å². The van der Waals surface area contributed by atoms with Crippen molar-refractivity contribution in [1.82, 2.24) is 10.6 Å². The molecule has 0 aliphatic carbocycles. The van der Waals surface area contributed by atoms with Crippen molar-refractivity contribution in [2.75, 3.05) is 18.1 Å². The number of carboxylic acid groups (broad SMARTS) is 1. The fourth-order valence-corrected chi connectivity index (χ4v) is 9.41. The standard InChI is InChI=1S/C43H69N4O8S2.K/c44-36-31-57-56-30-34(38(49)28-33(42(45)54)27-32-22-24-35(48)25-23-32)29-39(50)37(47-43(36)55)19-17-18-26-46-40(51)20-15-13-11-9-7-5-3-1-2-4-6-8-10-12-14-16-21-41(52)53;/h22-25,33-34,36-37,44,48H,1-21,26-31H2,(H2,45,54)(H,46,51)(H,47,55)(H,52,53);/q-1;+1/t33-,34-,36+,37+;/m1./s1. The Bertz CT molecular complexity index is 1360. The SMILES string of the molecule is [K+].[NH-][C@H]1CSSC[C@H](C(=O)C[C@@H](Cc2ccc(O)cc2)C(N)=O)CC(=O)[C@H](CCCCNC(=O)CCCCCCCCCCCCCCCCCCC(=O)O)NC1=O. The number of primary amides is 1. The van der Waals surface area contributed by atoms with E-state index >= 15 is 0 Å². The van der Waals surface area contributed by atoms with Crippen LogP contribution >= 0.6 is 21.6 Å². The molecule has 1 aliphatic heterocycles. The van der Waals surface area contributed by atoms with Gasteiger partial charge in [-0.15, -0.1) is 0 Å². The van der Waals surface area contributed by atoms with Crippen molar-refractivity contribution < 1.29 is 90.4 Å². The predicted octanol–water partition coefficient (Wildman–Crippen LogP) is 5.27. The number of amides is 3. The molecule has 0 unspecified atom stereocenters. The second kappa shape index (κ2) is 34.2. The Kier molecular flexibility index (Phi) is 32.1. The van der Waals surface area contributed by atoms with Crippen LogP contribution in [-0.2, 0) is 35.2 Å². The van der Waals surface area contributed by atoms with Gasteiger partial charge in [0.05, 0.1) is 6.04 Å². The molecule has 0 radical (unpaired) electrons. The number of carbonyl (C=O) groups is 6. The van der Waals surface area contributed by atoms with Crippen molar-refractivity contribution in [2.45, 2.75) is 166 Å². The van der Waals surface area contributed by atoms with Gasteiger partial charge in [0.15, 0.2) is 5.78 Å². The third-order valence-electron chi connectivity index (χ3n) is 10.6. The van der Waals surface area contributed by atoms with Gasteiger partial charge in [0.2, 0.25) is 17.7 Å². The molecule has 1 aromatic carbocycles. The summed E-state index contributed by atoms with van der Waals surface area (Å²) in [6, 6.07) is 4.45. The Morgan fingerprint density at radius 1 is 0.776 bits per heavy atom. The van der Waals surface area contributed by atoms with E-state index in [4.69, 9.17) is 16.6 Å². The van der Waals surface area contributed by atoms with Crippen LogP contribution in [0.5, 0.6) is 5.75 Å². The number of Topliss-reactive ketones (excluding diaryl/α,β-unsaturated/α-hetero) is 2. The molecular formula is C43H69KN4O8S2. The van der Waals surface area contributed by atoms with E-state index in [0.717, 1.165) is 44.1 Å². The molecule has 1 aliphatic rings. The molecule has 0 aromatic heterocycles. The summed E-state index contributed by atoms with van der Waals surface area (Å²) in [5.41, 5.74) is 14.6. The minimum atomic E-state index is -1.05. The molecule has 7 N–H and O–H groups in total. The molecule has 1 saturated heterocycles. The zero-order valence-electron chi connectivity index (χ0n) is 34.9. The van der Waals surface area contributed by atoms with Gasteiger partial charge < -0.3 is 32.3 Å². The van der Waals surface area contributed by atoms with Gasteiger partial charge in [0, 0.05) is 49.8 Å². The molecule has 1 fully saturated rings. The van der Waals surface area contributed by atoms with Gasteiger partial charge in [-0.25, -0.2) is 0 Å². The van der Waals surface area contributed by atoms with Crippen LogP contribution in [0.2, 0.25) is 0 Å². The molecule has 0 bridgehead atoms. The number of carbonyl (C=O) groups excluding carboxylic acids is 5. The van der Waals surface area contributed by atoms with Gasteiger partial charge in [0.25, 0.3) is 0 Å². The van der Waals surface area contributed by atoms with E-state index in [9.17, 15) is 33.9 Å². The average molecular weight is 873 g/mol. The van der Waals surface area contributed by atoms with E-state index in [2.05, 4.69) is 10.6 Å². The zero-order valence-corrected chi connectivity index (χ0v) is 39.7. The number of aliphatic carboxylic acids is 1. The quantitative estimate of drug-likeness (QED) is 0.0384. The van der Waals surface area contributed by atoms with Crippen LogP contribution in [-0.4, -0.2) is 75.6 Å². The Morgan fingerprint density at radius 2 is 1.29 bits per heavy atom. The number of hydrogen-bond acceptors (Lipinski definition) is 9. The number of unbranched alkanes of at least 4 members (excludes halogenated alkanes) is 16. The summed E-state index contributed by atoms with van der Waals surface area (Å²) < 4.78 is 0. The summed E-state index contributed by atoms with van der Waals surface area (Å²) >= 11 is 0. The third kappa shape index (κ3) is 26.7. The zero-order chi connectivity index (χ0) is 41.7. The molecule has 15 heteroatoms. The van der Waals surface area contributed by atoms with Crippen molar-refractivity contribution >= 4 is 56.8 Å². The van der Waals surface area contributed by atoms with Crippen molar-refractivity contribution in [1.29, 1.82) is 0 Å². The van der Waals surface area contributed by atoms with Gasteiger partial charge in [-0.3, -0.25) is 28.8 Å². The molecule has 12 nitrogen and oxygen atoms in total. The number of phenolic OH excluding ortho intramolecular Hbond substituents is 1. The van der Waals surface area contributed by atoms with Gasteiger partial charge in [-0.2, -0.15) is 0 Å². The maximum Gasteiger partial charge on any atom is 1.00 e. The summed E-state index contributed by atoms with van der Waals surface area (Å²) in [4.78, 5) is 75.0. The first kappa shape index (κ1) is 54.6. The fourth-order valence-electron chi connectivity index (χ4n) is 6.98. The first-order valence-corrected chi connectivity index (χ1v) is 23.8. The molecule has 1 heterocycles. The normalized spacial score (nSPS) is 18.0. The van der Waals surface area contributed by atoms with Crippen LogP contribution in [0.3, 0.4) is 0 Å². The number of benzene rings is 1. The molecule has 322 valence electrons. The van der Waals surface area contributed by atoms with E-state index < -0.39 is 41.7 Å². The number of carboxylic acids is 1. The van der Waals surface area contributed by atoms with Gasteiger partial charge in [-0.05, 0) is 68.0 Å². The smallest absolute Gasteiger partial charge is 0.666 e. The number of rotatable bonds is 30. The summed E-state index contributed by atoms with van der Waals surface area (Å²) in [7, 11) is 2.65. The van der Waals surface area contributed by atoms with Crippen LogP contribution in [0, 0.1) is 11.8 Å². The van der Waals surface area contributed by atoms with E-state index in [1.54, 1.807) is 12.1 Å². The number of nitrogens with one attached hydrogen (secondary N) is 3. The molecule has 58 heavy (non-hydrogen) atoms. The van der Waals surface area contributed by atoms with E-state index in [1.807, 2.05) is 0 Å². The molecule has 0 spiro atoms.